The van der Waals surface area contributed by atoms with Crippen LogP contribution >= 0.6 is 0 Å². The Balaban J connectivity index is 2.57. The van der Waals surface area contributed by atoms with Gasteiger partial charge in [0.15, 0.2) is 0 Å². The van der Waals surface area contributed by atoms with E-state index in [1.807, 2.05) is 13.8 Å². The highest BCUT2D eigenvalue weighted by Gasteiger charge is 2.43. The number of rotatable bonds is 6. The van der Waals surface area contributed by atoms with E-state index < -0.39 is 0 Å². The topological polar surface area (TPSA) is 61.4 Å². The largest absolute Gasteiger partial charge is 0.346 e. The van der Waals surface area contributed by atoms with Crippen LogP contribution in [0.5, 0.6) is 0 Å². The van der Waals surface area contributed by atoms with Gasteiger partial charge in [-0.15, -0.1) is 0 Å². The summed E-state index contributed by atoms with van der Waals surface area (Å²) < 4.78 is 0. The van der Waals surface area contributed by atoms with Gasteiger partial charge in [-0.2, -0.15) is 0 Å². The van der Waals surface area contributed by atoms with Gasteiger partial charge in [-0.05, 0) is 32.7 Å². The quantitative estimate of drug-likeness (QED) is 0.742. The molecule has 1 fully saturated rings. The fourth-order valence-electron chi connectivity index (χ4n) is 2.68. The molecule has 0 aromatic carbocycles. The van der Waals surface area contributed by atoms with Crippen LogP contribution in [-0.2, 0) is 9.59 Å². The predicted octanol–water partition coefficient (Wildman–Crippen LogP) is 0.607. The fraction of sp³-hybridized carbons (Fsp3) is 0.857. The molecule has 0 bridgehead atoms. The molecule has 0 aromatic heterocycles. The van der Waals surface area contributed by atoms with Crippen molar-refractivity contribution >= 4 is 11.8 Å². The number of nitrogens with zero attached hydrogens (tertiary/aromatic N) is 1. The van der Waals surface area contributed by atoms with Crippen LogP contribution in [0.4, 0.5) is 0 Å². The van der Waals surface area contributed by atoms with E-state index >= 15 is 0 Å². The summed E-state index contributed by atoms with van der Waals surface area (Å²) >= 11 is 0. The lowest BCUT2D eigenvalue weighted by atomic mass is 9.75. The lowest BCUT2D eigenvalue weighted by Crippen LogP contribution is -2.49. The molecule has 0 spiro atoms. The average Bonchev–Trinajstić information content (AvgIpc) is 2.88. The van der Waals surface area contributed by atoms with Crippen molar-refractivity contribution in [2.45, 2.75) is 34.1 Å². The third-order valence-electron chi connectivity index (χ3n) is 4.26. The summed E-state index contributed by atoms with van der Waals surface area (Å²) in [6.45, 7) is 11.1. The number of hydrogen-bond acceptors (Lipinski definition) is 3. The molecule has 1 atom stereocenters. The highest BCUT2D eigenvalue weighted by molar-refractivity contribution is 5.88. The van der Waals surface area contributed by atoms with Crippen molar-refractivity contribution in [2.75, 3.05) is 32.7 Å². The zero-order chi connectivity index (χ0) is 14.5. The molecule has 2 N–H and O–H groups in total. The molecule has 5 heteroatoms. The number of carbonyl (C=O) groups excluding carboxylic acids is 2. The van der Waals surface area contributed by atoms with E-state index in [4.69, 9.17) is 0 Å². The van der Waals surface area contributed by atoms with E-state index in [2.05, 4.69) is 24.5 Å². The predicted molar refractivity (Wildman–Crippen MR) is 75.7 cm³/mol. The molecule has 1 aliphatic heterocycles. The molecule has 0 saturated carbocycles. The van der Waals surface area contributed by atoms with Crippen LogP contribution in [0.2, 0.25) is 0 Å². The minimum Gasteiger partial charge on any atom is -0.346 e. The summed E-state index contributed by atoms with van der Waals surface area (Å²) in [5.74, 6) is 0.266. The molecule has 2 amide bonds. The summed E-state index contributed by atoms with van der Waals surface area (Å²) in [6.07, 6.45) is 0.843. The Morgan fingerprint density at radius 2 is 1.95 bits per heavy atom. The molecule has 5 nitrogen and oxygen atoms in total. The molecular formula is C14H27N3O2. The number of likely N-dealkylation sites (N-methyl/N-ethyl adjacent to an activating group) is 1. The molecule has 1 rings (SSSR count). The number of carbonyl (C=O) groups is 2. The van der Waals surface area contributed by atoms with Crippen molar-refractivity contribution in [3.05, 3.63) is 0 Å². The Kier molecular flexibility index (Phi) is 5.79. The van der Waals surface area contributed by atoms with Gasteiger partial charge in [0.05, 0.1) is 12.0 Å². The number of amides is 2. The fourth-order valence-corrected chi connectivity index (χ4v) is 2.68. The van der Waals surface area contributed by atoms with E-state index in [0.717, 1.165) is 13.0 Å². The third-order valence-corrected chi connectivity index (χ3v) is 4.26. The molecule has 1 unspecified atom stereocenters. The van der Waals surface area contributed by atoms with Gasteiger partial charge in [-0.1, -0.05) is 13.8 Å². The van der Waals surface area contributed by atoms with Gasteiger partial charge in [0.1, 0.15) is 0 Å². The standard InChI is InChI=1S/C14H27N3O2/c1-5-17(6-2)12(18)9-16-13(19)14(11(3)4)7-8-15-10-14/h11,15H,5-10H2,1-4H3,(H,16,19). The van der Waals surface area contributed by atoms with Crippen molar-refractivity contribution in [3.8, 4) is 0 Å². The molecule has 1 heterocycles. The summed E-state index contributed by atoms with van der Waals surface area (Å²) in [6, 6.07) is 0. The first-order valence-electron chi connectivity index (χ1n) is 7.24. The Hall–Kier alpha value is -1.10. The van der Waals surface area contributed by atoms with Gasteiger partial charge in [0.2, 0.25) is 11.8 Å². The zero-order valence-corrected chi connectivity index (χ0v) is 12.6. The molecule has 0 radical (unpaired) electrons. The van der Waals surface area contributed by atoms with Gasteiger partial charge in [0.25, 0.3) is 0 Å². The Morgan fingerprint density at radius 1 is 1.32 bits per heavy atom. The van der Waals surface area contributed by atoms with Crippen LogP contribution in [0.15, 0.2) is 0 Å². The molecule has 1 aliphatic rings. The van der Waals surface area contributed by atoms with Gasteiger partial charge in [0, 0.05) is 19.6 Å². The van der Waals surface area contributed by atoms with E-state index in [1.54, 1.807) is 4.90 Å². The first-order valence-corrected chi connectivity index (χ1v) is 7.24. The molecule has 0 aromatic rings. The number of hydrogen-bond donors (Lipinski definition) is 2. The second kappa shape index (κ2) is 6.89. The van der Waals surface area contributed by atoms with Crippen LogP contribution in [0, 0.1) is 11.3 Å². The van der Waals surface area contributed by atoms with Crippen LogP contribution in [0.3, 0.4) is 0 Å². The minimum absolute atomic E-state index is 0.00741. The second-order valence-corrected chi connectivity index (χ2v) is 5.49. The number of nitrogens with one attached hydrogen (secondary N) is 2. The van der Waals surface area contributed by atoms with E-state index in [-0.39, 0.29) is 29.7 Å². The van der Waals surface area contributed by atoms with Crippen LogP contribution in [0.1, 0.15) is 34.1 Å². The van der Waals surface area contributed by atoms with Gasteiger partial charge in [-0.25, -0.2) is 0 Å². The molecule has 1 saturated heterocycles. The summed E-state index contributed by atoms with van der Waals surface area (Å²) in [5, 5.41) is 6.08. The Bertz CT molecular complexity index is 319. The van der Waals surface area contributed by atoms with E-state index in [1.165, 1.54) is 0 Å². The third kappa shape index (κ3) is 3.47. The zero-order valence-electron chi connectivity index (χ0n) is 12.6. The van der Waals surface area contributed by atoms with Gasteiger partial charge >= 0.3 is 0 Å². The summed E-state index contributed by atoms with van der Waals surface area (Å²) in [5.41, 5.74) is -0.358. The first kappa shape index (κ1) is 16.0. The maximum Gasteiger partial charge on any atom is 0.241 e. The summed E-state index contributed by atoms with van der Waals surface area (Å²) in [7, 11) is 0. The van der Waals surface area contributed by atoms with Gasteiger partial charge < -0.3 is 15.5 Å². The Labute approximate surface area is 116 Å². The smallest absolute Gasteiger partial charge is 0.241 e. The summed E-state index contributed by atoms with van der Waals surface area (Å²) in [4.78, 5) is 26.0. The van der Waals surface area contributed by atoms with Gasteiger partial charge in [-0.3, -0.25) is 9.59 Å². The maximum atomic E-state index is 12.4. The lowest BCUT2D eigenvalue weighted by molar-refractivity contribution is -0.137. The normalized spacial score (nSPS) is 22.6. The lowest BCUT2D eigenvalue weighted by Gasteiger charge is -2.31. The molecule has 0 aliphatic carbocycles. The molecule has 19 heavy (non-hydrogen) atoms. The van der Waals surface area contributed by atoms with Crippen molar-refractivity contribution in [1.29, 1.82) is 0 Å². The van der Waals surface area contributed by atoms with Crippen molar-refractivity contribution in [2.24, 2.45) is 11.3 Å². The van der Waals surface area contributed by atoms with Crippen LogP contribution in [-0.4, -0.2) is 49.4 Å². The van der Waals surface area contributed by atoms with E-state index in [9.17, 15) is 9.59 Å². The second-order valence-electron chi connectivity index (χ2n) is 5.49. The van der Waals surface area contributed by atoms with E-state index in [0.29, 0.717) is 19.6 Å². The van der Waals surface area contributed by atoms with Crippen molar-refractivity contribution in [3.63, 3.8) is 0 Å². The molecule has 110 valence electrons. The highest BCUT2D eigenvalue weighted by atomic mass is 16.2. The SMILES string of the molecule is CCN(CC)C(=O)CNC(=O)C1(C(C)C)CCNC1. The van der Waals surface area contributed by atoms with Crippen LogP contribution < -0.4 is 10.6 Å². The minimum atomic E-state index is -0.358. The monoisotopic (exact) mass is 269 g/mol. The van der Waals surface area contributed by atoms with Crippen molar-refractivity contribution in [1.82, 2.24) is 15.5 Å². The first-order chi connectivity index (χ1) is 8.97. The highest BCUT2D eigenvalue weighted by Crippen LogP contribution is 2.34. The average molecular weight is 269 g/mol. The van der Waals surface area contributed by atoms with Crippen LogP contribution in [0.25, 0.3) is 0 Å². The molecular weight excluding hydrogens is 242 g/mol. The Morgan fingerprint density at radius 3 is 2.37 bits per heavy atom. The van der Waals surface area contributed by atoms with Crippen molar-refractivity contribution < 1.29 is 9.59 Å². The maximum absolute atomic E-state index is 12.4.